The lowest BCUT2D eigenvalue weighted by Crippen LogP contribution is -2.31. The predicted molar refractivity (Wildman–Crippen MR) is 91.3 cm³/mol. The zero-order valence-corrected chi connectivity index (χ0v) is 14.3. The van der Waals surface area contributed by atoms with Gasteiger partial charge in [-0.3, -0.25) is 0 Å². The Morgan fingerprint density at radius 1 is 1.24 bits per heavy atom. The average Bonchev–Trinajstić information content (AvgIpc) is 2.55. The molecule has 1 aliphatic rings. The van der Waals surface area contributed by atoms with Crippen LogP contribution in [0.5, 0.6) is 5.75 Å². The van der Waals surface area contributed by atoms with Crippen LogP contribution in [0.2, 0.25) is 0 Å². The van der Waals surface area contributed by atoms with Crippen molar-refractivity contribution in [2.45, 2.75) is 58.3 Å². The van der Waals surface area contributed by atoms with Crippen LogP contribution in [0, 0.1) is 11.3 Å². The summed E-state index contributed by atoms with van der Waals surface area (Å²) in [6.07, 6.45) is 10.4. The molecule has 1 aliphatic carbocycles. The van der Waals surface area contributed by atoms with Crippen LogP contribution in [0.3, 0.4) is 0 Å². The lowest BCUT2D eigenvalue weighted by atomic mass is 9.67. The minimum atomic E-state index is 0.277. The molecule has 2 rings (SSSR count). The Hall–Kier alpha value is -0.690. The largest absolute Gasteiger partial charge is 0.496 e. The summed E-state index contributed by atoms with van der Waals surface area (Å²) in [6.45, 7) is 2.29. The summed E-state index contributed by atoms with van der Waals surface area (Å²) in [5.74, 6) is 2.71. The summed E-state index contributed by atoms with van der Waals surface area (Å²) in [4.78, 5) is 0. The highest BCUT2D eigenvalue weighted by Gasteiger charge is 2.35. The first-order valence-electron chi connectivity index (χ1n) is 8.41. The summed E-state index contributed by atoms with van der Waals surface area (Å²) in [5.41, 5.74) is 1.59. The van der Waals surface area contributed by atoms with E-state index in [4.69, 9.17) is 16.3 Å². The van der Waals surface area contributed by atoms with Crippen LogP contribution in [-0.4, -0.2) is 13.0 Å². The number of methoxy groups -OCH3 is 1. The number of benzene rings is 1. The summed E-state index contributed by atoms with van der Waals surface area (Å²) in [5, 5.41) is 0. The second-order valence-electron chi connectivity index (χ2n) is 6.71. The molecule has 0 unspecified atom stereocenters. The maximum absolute atomic E-state index is 6.39. The van der Waals surface area contributed by atoms with E-state index in [0.29, 0.717) is 0 Å². The van der Waals surface area contributed by atoms with Crippen LogP contribution < -0.4 is 4.74 Å². The Bertz CT molecular complexity index is 421. The number of hydrogen-bond acceptors (Lipinski definition) is 1. The number of hydrogen-bond donors (Lipinski definition) is 0. The van der Waals surface area contributed by atoms with Crippen molar-refractivity contribution in [2.24, 2.45) is 11.3 Å². The first-order chi connectivity index (χ1) is 10.2. The minimum absolute atomic E-state index is 0.277. The van der Waals surface area contributed by atoms with Gasteiger partial charge in [0.25, 0.3) is 0 Å². The van der Waals surface area contributed by atoms with Gasteiger partial charge in [-0.1, -0.05) is 44.4 Å². The maximum Gasteiger partial charge on any atom is 0.122 e. The fourth-order valence-corrected chi connectivity index (χ4v) is 4.04. The Morgan fingerprint density at radius 2 is 1.95 bits per heavy atom. The first kappa shape index (κ1) is 16.7. The second kappa shape index (κ2) is 8.08. The van der Waals surface area contributed by atoms with E-state index in [0.717, 1.165) is 24.0 Å². The third-order valence-electron chi connectivity index (χ3n) is 5.17. The van der Waals surface area contributed by atoms with E-state index in [1.807, 2.05) is 6.07 Å². The fourth-order valence-electron chi connectivity index (χ4n) is 3.68. The molecule has 0 atom stereocenters. The van der Waals surface area contributed by atoms with Crippen molar-refractivity contribution in [2.75, 3.05) is 13.0 Å². The summed E-state index contributed by atoms with van der Waals surface area (Å²) in [7, 11) is 1.76. The van der Waals surface area contributed by atoms with Crippen LogP contribution in [0.1, 0.15) is 57.4 Å². The zero-order valence-electron chi connectivity index (χ0n) is 13.5. The van der Waals surface area contributed by atoms with Gasteiger partial charge in [-0.15, -0.1) is 11.6 Å². The van der Waals surface area contributed by atoms with Gasteiger partial charge < -0.3 is 4.74 Å². The molecule has 1 aromatic carbocycles. The summed E-state index contributed by atoms with van der Waals surface area (Å²) >= 11 is 6.39. The third-order valence-corrected chi connectivity index (χ3v) is 5.74. The quantitative estimate of drug-likeness (QED) is 0.575. The van der Waals surface area contributed by atoms with Crippen LogP contribution in [0.15, 0.2) is 24.3 Å². The molecule has 1 fully saturated rings. The lowest BCUT2D eigenvalue weighted by Gasteiger charge is -2.39. The molecule has 2 heteroatoms. The van der Waals surface area contributed by atoms with Gasteiger partial charge in [0.2, 0.25) is 0 Å². The molecule has 1 nitrogen and oxygen atoms in total. The second-order valence-corrected chi connectivity index (χ2v) is 6.98. The fraction of sp³-hybridized carbons (Fsp3) is 0.684. The number of alkyl halides is 1. The van der Waals surface area contributed by atoms with Crippen molar-refractivity contribution in [1.29, 1.82) is 0 Å². The van der Waals surface area contributed by atoms with Crippen LogP contribution in [0.25, 0.3) is 0 Å². The van der Waals surface area contributed by atoms with E-state index >= 15 is 0 Å². The molecule has 118 valence electrons. The number of unbranched alkanes of at least 4 members (excludes halogenated alkanes) is 1. The van der Waals surface area contributed by atoms with Gasteiger partial charge >= 0.3 is 0 Å². The van der Waals surface area contributed by atoms with Crippen molar-refractivity contribution in [1.82, 2.24) is 0 Å². The Kier molecular flexibility index (Phi) is 6.41. The molecule has 21 heavy (non-hydrogen) atoms. The number of para-hydroxylation sites is 1. The van der Waals surface area contributed by atoms with Gasteiger partial charge in [-0.25, -0.2) is 0 Å². The zero-order chi connectivity index (χ0) is 15.1. The van der Waals surface area contributed by atoms with Crippen molar-refractivity contribution >= 4 is 11.6 Å². The minimum Gasteiger partial charge on any atom is -0.496 e. The van der Waals surface area contributed by atoms with Crippen molar-refractivity contribution in [3.8, 4) is 5.75 Å². The highest BCUT2D eigenvalue weighted by molar-refractivity contribution is 6.18. The molecule has 0 aromatic heterocycles. The van der Waals surface area contributed by atoms with Gasteiger partial charge in [0, 0.05) is 5.88 Å². The smallest absolute Gasteiger partial charge is 0.122 e. The van der Waals surface area contributed by atoms with E-state index in [1.165, 1.54) is 50.5 Å². The Labute approximate surface area is 135 Å². The Morgan fingerprint density at radius 3 is 2.57 bits per heavy atom. The highest BCUT2D eigenvalue weighted by Crippen LogP contribution is 2.44. The molecule has 0 radical (unpaired) electrons. The molecule has 1 saturated carbocycles. The summed E-state index contributed by atoms with van der Waals surface area (Å²) < 4.78 is 5.51. The molecular formula is C19H29ClO. The van der Waals surface area contributed by atoms with Crippen LogP contribution >= 0.6 is 11.6 Å². The Balaban J connectivity index is 2.00. The SMILES string of the molecule is CCCCC1CCC(CCl)(Cc2ccccc2OC)CC1. The number of halogens is 1. The highest BCUT2D eigenvalue weighted by atomic mass is 35.5. The molecule has 0 aliphatic heterocycles. The number of rotatable bonds is 7. The number of ether oxygens (including phenoxy) is 1. The van der Waals surface area contributed by atoms with Gasteiger partial charge in [0.1, 0.15) is 5.75 Å². The molecular weight excluding hydrogens is 280 g/mol. The van der Waals surface area contributed by atoms with Gasteiger partial charge in [0.05, 0.1) is 7.11 Å². The van der Waals surface area contributed by atoms with Crippen molar-refractivity contribution in [3.05, 3.63) is 29.8 Å². The molecule has 0 heterocycles. The van der Waals surface area contributed by atoms with Crippen LogP contribution in [0.4, 0.5) is 0 Å². The van der Waals surface area contributed by atoms with E-state index in [2.05, 4.69) is 25.1 Å². The van der Waals surface area contributed by atoms with Crippen LogP contribution in [-0.2, 0) is 6.42 Å². The first-order valence-corrected chi connectivity index (χ1v) is 8.94. The van der Waals surface area contributed by atoms with Crippen molar-refractivity contribution < 1.29 is 4.74 Å². The van der Waals surface area contributed by atoms with Gasteiger partial charge in [-0.2, -0.15) is 0 Å². The van der Waals surface area contributed by atoms with Gasteiger partial charge in [-0.05, 0) is 55.1 Å². The monoisotopic (exact) mass is 308 g/mol. The lowest BCUT2D eigenvalue weighted by molar-refractivity contribution is 0.165. The standard InChI is InChI=1S/C19H29ClO/c1-3-4-7-16-10-12-19(15-20,13-11-16)14-17-8-5-6-9-18(17)21-2/h5-6,8-9,16H,3-4,7,10-15H2,1-2H3. The van der Waals surface area contributed by atoms with E-state index in [-0.39, 0.29) is 5.41 Å². The molecule has 1 aromatic rings. The topological polar surface area (TPSA) is 9.23 Å². The van der Waals surface area contributed by atoms with Gasteiger partial charge in [0.15, 0.2) is 0 Å². The molecule has 0 N–H and O–H groups in total. The average molecular weight is 309 g/mol. The third kappa shape index (κ3) is 4.39. The molecule has 0 saturated heterocycles. The summed E-state index contributed by atoms with van der Waals surface area (Å²) in [6, 6.07) is 8.39. The van der Waals surface area contributed by atoms with Crippen molar-refractivity contribution in [3.63, 3.8) is 0 Å². The molecule has 0 amide bonds. The molecule has 0 bridgehead atoms. The van der Waals surface area contributed by atoms with E-state index < -0.39 is 0 Å². The van der Waals surface area contributed by atoms with E-state index in [9.17, 15) is 0 Å². The normalized spacial score (nSPS) is 25.8. The molecule has 0 spiro atoms. The maximum atomic E-state index is 6.39. The predicted octanol–water partition coefficient (Wildman–Crippen LogP) is 5.84. The van der Waals surface area contributed by atoms with E-state index in [1.54, 1.807) is 7.11 Å².